The summed E-state index contributed by atoms with van der Waals surface area (Å²) in [6, 6.07) is 0. The highest BCUT2D eigenvalue weighted by Crippen LogP contribution is 2.40. The Hall–Kier alpha value is -2.39. The van der Waals surface area contributed by atoms with Crippen LogP contribution >= 0.6 is 0 Å². The summed E-state index contributed by atoms with van der Waals surface area (Å²) in [5.41, 5.74) is 0. The summed E-state index contributed by atoms with van der Waals surface area (Å²) in [5.74, 6) is -2.64. The number of rotatable bonds is 4. The molecule has 10 heteroatoms. The van der Waals surface area contributed by atoms with Gasteiger partial charge in [-0.3, -0.25) is 4.79 Å². The molecule has 24 heavy (non-hydrogen) atoms. The molecular formula is C14H17F3N4O3. The van der Waals surface area contributed by atoms with Crippen molar-refractivity contribution in [3.05, 3.63) is 23.8 Å². The zero-order chi connectivity index (χ0) is 17.9. The van der Waals surface area contributed by atoms with Gasteiger partial charge in [-0.1, -0.05) is 0 Å². The fourth-order valence-electron chi connectivity index (χ4n) is 2.48. The van der Waals surface area contributed by atoms with Crippen molar-refractivity contribution in [2.45, 2.75) is 38.0 Å². The molecule has 1 aliphatic heterocycles. The van der Waals surface area contributed by atoms with Crippen molar-refractivity contribution in [1.29, 1.82) is 0 Å². The maximum atomic E-state index is 13.0. The molecule has 132 valence electrons. The number of hydrogen-bond donors (Lipinski definition) is 0. The number of nitrogens with zero attached hydrogens (tertiary/aromatic N) is 4. The average Bonchev–Trinajstić information content (AvgIpc) is 2.94. The number of fused-ring (bicyclic) bond motifs is 1. The summed E-state index contributed by atoms with van der Waals surface area (Å²) >= 11 is 0. The van der Waals surface area contributed by atoms with Crippen LogP contribution < -0.4 is 0 Å². The van der Waals surface area contributed by atoms with Crippen LogP contribution in [0.15, 0.2) is 12.2 Å². The monoisotopic (exact) mass is 346 g/mol. The molecule has 0 aromatic carbocycles. The SMILES string of the molecule is COC(=O)/C=C/C(=O)N(C)Cc1nnc2n1CCCC2C(F)(F)F. The van der Waals surface area contributed by atoms with Crippen molar-refractivity contribution < 1.29 is 27.5 Å². The van der Waals surface area contributed by atoms with Gasteiger partial charge in [0, 0.05) is 25.7 Å². The summed E-state index contributed by atoms with van der Waals surface area (Å²) in [5, 5.41) is 7.47. The number of methoxy groups -OCH3 is 1. The second-order valence-corrected chi connectivity index (χ2v) is 5.41. The van der Waals surface area contributed by atoms with E-state index in [1.165, 1.54) is 23.6 Å². The van der Waals surface area contributed by atoms with E-state index in [4.69, 9.17) is 0 Å². The van der Waals surface area contributed by atoms with Gasteiger partial charge in [-0.25, -0.2) is 4.79 Å². The number of halogens is 3. The molecule has 0 radical (unpaired) electrons. The number of esters is 1. The minimum Gasteiger partial charge on any atom is -0.466 e. The number of alkyl halides is 3. The lowest BCUT2D eigenvalue weighted by molar-refractivity contribution is -0.156. The van der Waals surface area contributed by atoms with E-state index in [2.05, 4.69) is 14.9 Å². The number of carbonyl (C=O) groups is 2. The smallest absolute Gasteiger partial charge is 0.398 e. The summed E-state index contributed by atoms with van der Waals surface area (Å²) in [6.45, 7) is 0.367. The zero-order valence-electron chi connectivity index (χ0n) is 13.2. The zero-order valence-corrected chi connectivity index (χ0v) is 13.2. The number of hydrogen-bond acceptors (Lipinski definition) is 5. The van der Waals surface area contributed by atoms with Crippen molar-refractivity contribution >= 4 is 11.9 Å². The van der Waals surface area contributed by atoms with E-state index in [0.717, 1.165) is 12.2 Å². The van der Waals surface area contributed by atoms with Crippen molar-refractivity contribution in [2.75, 3.05) is 14.2 Å². The molecule has 0 saturated carbocycles. The van der Waals surface area contributed by atoms with Crippen LogP contribution in [0.1, 0.15) is 30.4 Å². The highest BCUT2D eigenvalue weighted by molar-refractivity contribution is 5.94. The van der Waals surface area contributed by atoms with Crippen LogP contribution in [-0.2, 0) is 27.4 Å². The van der Waals surface area contributed by atoms with Crippen LogP contribution in [0.3, 0.4) is 0 Å². The molecule has 7 nitrogen and oxygen atoms in total. The van der Waals surface area contributed by atoms with E-state index in [1.54, 1.807) is 0 Å². The van der Waals surface area contributed by atoms with Crippen LogP contribution in [0, 0.1) is 0 Å². The molecule has 1 atom stereocenters. The van der Waals surface area contributed by atoms with Gasteiger partial charge in [-0.05, 0) is 12.8 Å². The maximum Gasteiger partial charge on any atom is 0.398 e. The first-order valence-electron chi connectivity index (χ1n) is 7.24. The predicted octanol–water partition coefficient (Wildman–Crippen LogP) is 1.41. The predicted molar refractivity (Wildman–Crippen MR) is 75.7 cm³/mol. The summed E-state index contributed by atoms with van der Waals surface area (Å²) in [6.07, 6.45) is -2.02. The van der Waals surface area contributed by atoms with Crippen LogP contribution in [0.4, 0.5) is 13.2 Å². The summed E-state index contributed by atoms with van der Waals surface area (Å²) in [7, 11) is 2.63. The lowest BCUT2D eigenvalue weighted by Gasteiger charge is -2.26. The largest absolute Gasteiger partial charge is 0.466 e. The van der Waals surface area contributed by atoms with Gasteiger partial charge < -0.3 is 14.2 Å². The minimum absolute atomic E-state index is 0.0120. The first-order valence-corrected chi connectivity index (χ1v) is 7.24. The molecule has 1 unspecified atom stereocenters. The Balaban J connectivity index is 2.12. The Morgan fingerprint density at radius 3 is 2.71 bits per heavy atom. The quantitative estimate of drug-likeness (QED) is 0.608. The third-order valence-corrected chi connectivity index (χ3v) is 3.76. The van der Waals surface area contributed by atoms with Gasteiger partial charge >= 0.3 is 12.1 Å². The van der Waals surface area contributed by atoms with Gasteiger partial charge in [0.2, 0.25) is 5.91 Å². The van der Waals surface area contributed by atoms with Crippen LogP contribution in [0.25, 0.3) is 0 Å². The second kappa shape index (κ2) is 7.02. The molecule has 0 saturated heterocycles. The highest BCUT2D eigenvalue weighted by atomic mass is 19.4. The van der Waals surface area contributed by atoms with Crippen LogP contribution in [0.2, 0.25) is 0 Å². The molecule has 1 aromatic heterocycles. The van der Waals surface area contributed by atoms with Crippen LogP contribution in [-0.4, -0.2) is 51.9 Å². The molecule has 2 heterocycles. The van der Waals surface area contributed by atoms with E-state index in [0.29, 0.717) is 13.0 Å². The van der Waals surface area contributed by atoms with Crippen LogP contribution in [0.5, 0.6) is 0 Å². The normalized spacial score (nSPS) is 17.6. The van der Waals surface area contributed by atoms with Crippen molar-refractivity contribution in [3.63, 3.8) is 0 Å². The van der Waals surface area contributed by atoms with Crippen molar-refractivity contribution in [3.8, 4) is 0 Å². The maximum absolute atomic E-state index is 13.0. The average molecular weight is 346 g/mol. The first kappa shape index (κ1) is 18.0. The Morgan fingerprint density at radius 2 is 2.08 bits per heavy atom. The molecule has 1 aliphatic rings. The lowest BCUT2D eigenvalue weighted by Crippen LogP contribution is -2.30. The molecule has 1 aromatic rings. The van der Waals surface area contributed by atoms with Crippen molar-refractivity contribution in [1.82, 2.24) is 19.7 Å². The van der Waals surface area contributed by atoms with Gasteiger partial charge in [-0.15, -0.1) is 10.2 Å². The Morgan fingerprint density at radius 1 is 1.38 bits per heavy atom. The third kappa shape index (κ3) is 3.92. The lowest BCUT2D eigenvalue weighted by atomic mass is 9.98. The number of amides is 1. The van der Waals surface area contributed by atoms with Gasteiger partial charge in [0.15, 0.2) is 5.82 Å². The standard InChI is InChI=1S/C14H17F3N4O3/c1-20(11(22)5-6-12(23)24-2)8-10-18-19-13-9(14(15,16)17)4-3-7-21(10)13/h5-6,9H,3-4,7-8H2,1-2H3/b6-5+. The van der Waals surface area contributed by atoms with E-state index in [9.17, 15) is 22.8 Å². The van der Waals surface area contributed by atoms with Gasteiger partial charge in [-0.2, -0.15) is 13.2 Å². The Labute approximate surface area is 136 Å². The van der Waals surface area contributed by atoms with Gasteiger partial charge in [0.05, 0.1) is 13.7 Å². The first-order chi connectivity index (χ1) is 11.2. The van der Waals surface area contributed by atoms with E-state index in [1.807, 2.05) is 0 Å². The fourth-order valence-corrected chi connectivity index (χ4v) is 2.48. The molecule has 0 spiro atoms. The van der Waals surface area contributed by atoms with E-state index < -0.39 is 24.0 Å². The topological polar surface area (TPSA) is 77.3 Å². The molecule has 0 fully saturated rings. The molecule has 0 N–H and O–H groups in total. The molecular weight excluding hydrogens is 329 g/mol. The van der Waals surface area contributed by atoms with E-state index >= 15 is 0 Å². The molecule has 0 aliphatic carbocycles. The molecule has 2 rings (SSSR count). The number of aromatic nitrogens is 3. The number of ether oxygens (including phenoxy) is 1. The molecule has 1 amide bonds. The van der Waals surface area contributed by atoms with Gasteiger partial charge in [0.1, 0.15) is 11.7 Å². The summed E-state index contributed by atoms with van der Waals surface area (Å²) in [4.78, 5) is 24.1. The second-order valence-electron chi connectivity index (χ2n) is 5.41. The van der Waals surface area contributed by atoms with Crippen molar-refractivity contribution in [2.24, 2.45) is 0 Å². The Bertz CT molecular complexity index is 654. The number of carbonyl (C=O) groups excluding carboxylic acids is 2. The van der Waals surface area contributed by atoms with E-state index in [-0.39, 0.29) is 24.6 Å². The number of likely N-dealkylation sites (N-methyl/N-ethyl adjacent to an activating group) is 1. The summed E-state index contributed by atoms with van der Waals surface area (Å²) < 4.78 is 44.9. The third-order valence-electron chi connectivity index (χ3n) is 3.76. The molecule has 0 bridgehead atoms. The minimum atomic E-state index is -4.37. The van der Waals surface area contributed by atoms with Gasteiger partial charge in [0.25, 0.3) is 0 Å². The Kier molecular flexibility index (Phi) is 5.25. The fraction of sp³-hybridized carbons (Fsp3) is 0.571. The highest BCUT2D eigenvalue weighted by Gasteiger charge is 2.45.